The van der Waals surface area contributed by atoms with E-state index in [9.17, 15) is 9.90 Å². The molecule has 1 N–H and O–H groups in total. The van der Waals surface area contributed by atoms with Gasteiger partial charge in [0.2, 0.25) is 0 Å². The number of rotatable bonds is 37. The third-order valence-corrected chi connectivity index (χ3v) is 11.6. The SMILES string of the molecule is CCCCCCCCCC[N+](C)(C)CCCCCCCCCC.CCCCCCCCCC[N+](C)(C)CCCCCCCCCC.O=C(O)c1ccccc1[O-].[Br-]. The minimum Gasteiger partial charge on any atom is -1.00 e. The number of hydrogen-bond donors (Lipinski definition) is 1. The standard InChI is InChI=1S/2C22H48N.C7H6O3.BrH/c2*1-5-7-9-11-13-15-17-19-21-23(3,4)22-20-18-16-14-12-10-8-6-2;8-6-4-2-1-3-5(6)7(9)10;/h2*5-22H2,1-4H3;1-4,8H,(H,9,10);1H/q2*+1;;/p-2. The predicted molar refractivity (Wildman–Crippen MR) is 247 cm³/mol. The Morgan fingerprint density at radius 1 is 0.421 bits per heavy atom. The lowest BCUT2D eigenvalue weighted by atomic mass is 10.1. The molecule has 1 aromatic carbocycles. The lowest BCUT2D eigenvalue weighted by molar-refractivity contribution is -0.890. The van der Waals surface area contributed by atoms with Crippen molar-refractivity contribution < 1.29 is 41.0 Å². The Morgan fingerprint density at radius 2 is 0.632 bits per heavy atom. The molecule has 1 rings (SSSR count). The van der Waals surface area contributed by atoms with Gasteiger partial charge in [0.15, 0.2) is 0 Å². The summed E-state index contributed by atoms with van der Waals surface area (Å²) in [5, 5.41) is 19.0. The van der Waals surface area contributed by atoms with E-state index in [1.807, 2.05) is 0 Å². The number of carboxylic acid groups (broad SMARTS) is 1. The van der Waals surface area contributed by atoms with Gasteiger partial charge in [0, 0.05) is 0 Å². The topological polar surface area (TPSA) is 60.4 Å². The molecule has 340 valence electrons. The molecule has 0 atom stereocenters. The second-order valence-electron chi connectivity index (χ2n) is 18.5. The molecule has 0 saturated heterocycles. The normalized spacial score (nSPS) is 11.3. The Labute approximate surface area is 368 Å². The number of carboxylic acids is 1. The van der Waals surface area contributed by atoms with E-state index in [4.69, 9.17) is 5.11 Å². The molecule has 0 spiro atoms. The molecule has 0 amide bonds. The van der Waals surface area contributed by atoms with Crippen LogP contribution in [0.4, 0.5) is 0 Å². The Morgan fingerprint density at radius 3 is 0.825 bits per heavy atom. The summed E-state index contributed by atoms with van der Waals surface area (Å²) in [4.78, 5) is 10.2. The van der Waals surface area contributed by atoms with Gasteiger partial charge in [-0.25, -0.2) is 4.79 Å². The van der Waals surface area contributed by atoms with E-state index < -0.39 is 11.7 Å². The molecule has 0 aliphatic heterocycles. The number of nitrogens with zero attached hydrogens (tertiary/aromatic N) is 2. The first kappa shape index (κ1) is 60.2. The van der Waals surface area contributed by atoms with Crippen LogP contribution in [0.3, 0.4) is 0 Å². The number of quaternary nitrogens is 2. The molecule has 0 bridgehead atoms. The largest absolute Gasteiger partial charge is 1.00 e. The zero-order valence-corrected chi connectivity index (χ0v) is 41.4. The van der Waals surface area contributed by atoms with Crippen molar-refractivity contribution in [3.05, 3.63) is 29.8 Å². The Hall–Kier alpha value is -1.11. The third kappa shape index (κ3) is 45.8. The van der Waals surface area contributed by atoms with Gasteiger partial charge in [-0.15, -0.1) is 0 Å². The number of benzene rings is 1. The molecule has 0 saturated carbocycles. The minimum atomic E-state index is -1.18. The van der Waals surface area contributed by atoms with Gasteiger partial charge in [0.25, 0.3) is 0 Å². The van der Waals surface area contributed by atoms with Crippen molar-refractivity contribution in [2.75, 3.05) is 54.4 Å². The molecule has 0 unspecified atom stereocenters. The van der Waals surface area contributed by atoms with E-state index in [0.717, 1.165) is 0 Å². The fraction of sp³-hybridized carbons (Fsp3) is 0.863. The first-order chi connectivity index (χ1) is 27.0. The van der Waals surface area contributed by atoms with Crippen LogP contribution in [0.2, 0.25) is 0 Å². The molecule has 0 radical (unpaired) electrons. The van der Waals surface area contributed by atoms with Gasteiger partial charge in [0.1, 0.15) is 0 Å². The van der Waals surface area contributed by atoms with Crippen molar-refractivity contribution in [1.29, 1.82) is 0 Å². The summed E-state index contributed by atoms with van der Waals surface area (Å²) in [6, 6.07) is 5.54. The predicted octanol–water partition coefficient (Wildman–Crippen LogP) is 12.2. The van der Waals surface area contributed by atoms with Gasteiger partial charge in [-0.1, -0.05) is 206 Å². The number of unbranched alkanes of at least 4 members (excludes halogenated alkanes) is 28. The van der Waals surface area contributed by atoms with E-state index in [2.05, 4.69) is 55.9 Å². The van der Waals surface area contributed by atoms with Gasteiger partial charge < -0.3 is 36.2 Å². The average Bonchev–Trinajstić information content (AvgIpc) is 3.16. The van der Waals surface area contributed by atoms with Crippen LogP contribution in [-0.2, 0) is 0 Å². The lowest BCUT2D eigenvalue weighted by Crippen LogP contribution is -3.00. The van der Waals surface area contributed by atoms with Crippen LogP contribution < -0.4 is 22.1 Å². The third-order valence-electron chi connectivity index (χ3n) is 11.6. The maximum Gasteiger partial charge on any atom is 0.335 e. The van der Waals surface area contributed by atoms with Gasteiger partial charge >= 0.3 is 5.97 Å². The van der Waals surface area contributed by atoms with Crippen LogP contribution in [0.15, 0.2) is 24.3 Å². The Bertz CT molecular complexity index is 862. The number of hydrogen-bond acceptors (Lipinski definition) is 2. The highest BCUT2D eigenvalue weighted by Crippen LogP contribution is 2.15. The van der Waals surface area contributed by atoms with Crippen LogP contribution >= 0.6 is 0 Å². The van der Waals surface area contributed by atoms with Crippen LogP contribution in [0.25, 0.3) is 0 Å². The molecule has 6 heteroatoms. The highest BCUT2D eigenvalue weighted by molar-refractivity contribution is 5.90. The second kappa shape index (κ2) is 44.4. The fourth-order valence-electron chi connectivity index (χ4n) is 7.56. The van der Waals surface area contributed by atoms with E-state index in [0.29, 0.717) is 0 Å². The molecule has 0 fully saturated rings. The van der Waals surface area contributed by atoms with Crippen LogP contribution in [0.1, 0.15) is 244 Å². The van der Waals surface area contributed by atoms with Gasteiger partial charge in [-0.05, 0) is 57.4 Å². The fourth-order valence-corrected chi connectivity index (χ4v) is 7.56. The van der Waals surface area contributed by atoms with Crippen molar-refractivity contribution in [1.82, 2.24) is 0 Å². The summed E-state index contributed by atoms with van der Waals surface area (Å²) < 4.78 is 2.48. The van der Waals surface area contributed by atoms with Gasteiger partial charge in [0.05, 0.1) is 59.9 Å². The first-order valence-electron chi connectivity index (χ1n) is 24.6. The van der Waals surface area contributed by atoms with Crippen molar-refractivity contribution in [3.63, 3.8) is 0 Å². The van der Waals surface area contributed by atoms with E-state index in [1.165, 1.54) is 265 Å². The number of halogens is 1. The van der Waals surface area contributed by atoms with Crippen LogP contribution in [0.5, 0.6) is 5.75 Å². The lowest BCUT2D eigenvalue weighted by Gasteiger charge is -2.30. The van der Waals surface area contributed by atoms with Crippen molar-refractivity contribution in [2.24, 2.45) is 0 Å². The smallest absolute Gasteiger partial charge is 0.335 e. The monoisotopic (exact) mass is 869 g/mol. The second-order valence-corrected chi connectivity index (χ2v) is 18.5. The number of aromatic carboxylic acids is 1. The zero-order valence-electron chi connectivity index (χ0n) is 39.8. The molecular weight excluding hydrogens is 768 g/mol. The summed E-state index contributed by atoms with van der Waals surface area (Å²) in [6.45, 7) is 14.7. The maximum absolute atomic E-state index is 10.7. The molecule has 5 nitrogen and oxygen atoms in total. The van der Waals surface area contributed by atoms with E-state index in [1.54, 1.807) is 0 Å². The summed E-state index contributed by atoms with van der Waals surface area (Å²) in [5.74, 6) is -1.62. The van der Waals surface area contributed by atoms with E-state index in [-0.39, 0.29) is 22.5 Å². The summed E-state index contributed by atoms with van der Waals surface area (Å²) in [5.41, 5.74) is -0.178. The molecular formula is C51H101BrN2O3. The zero-order chi connectivity index (χ0) is 42.0. The quantitative estimate of drug-likeness (QED) is 0.0535. The molecule has 0 aromatic heterocycles. The Kier molecular flexibility index (Phi) is 46.9. The highest BCUT2D eigenvalue weighted by Gasteiger charge is 2.14. The van der Waals surface area contributed by atoms with Crippen LogP contribution in [0, 0.1) is 0 Å². The first-order valence-corrected chi connectivity index (χ1v) is 24.6. The van der Waals surface area contributed by atoms with Gasteiger partial charge in [-0.2, -0.15) is 0 Å². The molecule has 0 heterocycles. The van der Waals surface area contributed by atoms with Crippen LogP contribution in [-0.4, -0.2) is 74.4 Å². The maximum atomic E-state index is 10.7. The summed E-state index contributed by atoms with van der Waals surface area (Å²) in [7, 11) is 9.73. The average molecular weight is 870 g/mol. The highest BCUT2D eigenvalue weighted by atomic mass is 79.9. The van der Waals surface area contributed by atoms with E-state index >= 15 is 0 Å². The molecule has 0 aliphatic carbocycles. The Balaban J connectivity index is -0.000000814. The van der Waals surface area contributed by atoms with Crippen molar-refractivity contribution in [2.45, 2.75) is 233 Å². The van der Waals surface area contributed by atoms with Crippen molar-refractivity contribution in [3.8, 4) is 5.75 Å². The molecule has 0 aliphatic rings. The number of carbonyl (C=O) groups is 1. The number of para-hydroxylation sites is 1. The molecule has 57 heavy (non-hydrogen) atoms. The summed E-state index contributed by atoms with van der Waals surface area (Å²) in [6.07, 6.45) is 46.1. The summed E-state index contributed by atoms with van der Waals surface area (Å²) >= 11 is 0. The van der Waals surface area contributed by atoms with Gasteiger partial charge in [-0.3, -0.25) is 0 Å². The molecule has 1 aromatic rings. The minimum absolute atomic E-state index is 0. The van der Waals surface area contributed by atoms with Crippen molar-refractivity contribution >= 4 is 5.97 Å².